The molecule has 0 bridgehead atoms. The van der Waals surface area contributed by atoms with Gasteiger partial charge in [-0.15, -0.1) is 0 Å². The number of carbonyl (C=O) groups is 1. The van der Waals surface area contributed by atoms with Gasteiger partial charge in [-0.3, -0.25) is 19.9 Å². The summed E-state index contributed by atoms with van der Waals surface area (Å²) < 4.78 is 0. The molecule has 0 unspecified atom stereocenters. The van der Waals surface area contributed by atoms with E-state index >= 15 is 0 Å². The number of hydrogen-bond donors (Lipinski definition) is 2. The number of pyridine rings is 1. The first-order valence-electron chi connectivity index (χ1n) is 6.25. The third-order valence-corrected chi connectivity index (χ3v) is 2.88. The number of non-ortho nitro benzene ring substituents is 1. The molecule has 7 heteroatoms. The van der Waals surface area contributed by atoms with Crippen LogP contribution in [0.3, 0.4) is 0 Å². The lowest BCUT2D eigenvalue weighted by Crippen LogP contribution is -2.23. The van der Waals surface area contributed by atoms with Gasteiger partial charge < -0.3 is 10.6 Å². The molecular weight excluding hydrogens is 272 g/mol. The van der Waals surface area contributed by atoms with Crippen LogP contribution >= 0.6 is 0 Å². The Kier molecular flexibility index (Phi) is 4.45. The average Bonchev–Trinajstić information content (AvgIpc) is 2.53. The second kappa shape index (κ2) is 6.47. The standard InChI is InChI=1S/C14H14N4O3/c1-15-11-6-7-16-13(8-11)14(19)17-9-10-2-4-12(5-3-10)18(20)21/h2-8H,9H2,1H3,(H,15,16)(H,17,19). The van der Waals surface area contributed by atoms with E-state index in [-0.39, 0.29) is 18.1 Å². The van der Waals surface area contributed by atoms with Gasteiger partial charge in [-0.25, -0.2) is 0 Å². The monoisotopic (exact) mass is 286 g/mol. The lowest BCUT2D eigenvalue weighted by Gasteiger charge is -2.06. The second-order valence-electron chi connectivity index (χ2n) is 4.29. The fraction of sp³-hybridized carbons (Fsp3) is 0.143. The summed E-state index contributed by atoms with van der Waals surface area (Å²) in [7, 11) is 1.76. The quantitative estimate of drug-likeness (QED) is 0.647. The number of nitrogens with one attached hydrogen (secondary N) is 2. The molecule has 0 fully saturated rings. The number of aromatic nitrogens is 1. The van der Waals surface area contributed by atoms with Crippen molar-refractivity contribution in [2.45, 2.75) is 6.54 Å². The van der Waals surface area contributed by atoms with Gasteiger partial charge in [0.15, 0.2) is 0 Å². The van der Waals surface area contributed by atoms with E-state index in [0.717, 1.165) is 11.3 Å². The van der Waals surface area contributed by atoms with Gasteiger partial charge in [0.1, 0.15) is 5.69 Å². The topological polar surface area (TPSA) is 97.2 Å². The predicted octanol–water partition coefficient (Wildman–Crippen LogP) is 1.96. The highest BCUT2D eigenvalue weighted by atomic mass is 16.6. The summed E-state index contributed by atoms with van der Waals surface area (Å²) >= 11 is 0. The average molecular weight is 286 g/mol. The molecule has 2 rings (SSSR count). The fourth-order valence-corrected chi connectivity index (χ4v) is 1.72. The van der Waals surface area contributed by atoms with Crippen molar-refractivity contribution in [3.8, 4) is 0 Å². The highest BCUT2D eigenvalue weighted by Gasteiger charge is 2.08. The van der Waals surface area contributed by atoms with Crippen LogP contribution in [0.15, 0.2) is 42.6 Å². The molecule has 0 saturated carbocycles. The highest BCUT2D eigenvalue weighted by molar-refractivity contribution is 5.93. The summed E-state index contributed by atoms with van der Waals surface area (Å²) in [6.45, 7) is 0.280. The minimum Gasteiger partial charge on any atom is -0.388 e. The van der Waals surface area contributed by atoms with Gasteiger partial charge in [-0.05, 0) is 17.7 Å². The first kappa shape index (κ1) is 14.4. The molecule has 21 heavy (non-hydrogen) atoms. The van der Waals surface area contributed by atoms with Crippen LogP contribution in [-0.2, 0) is 6.54 Å². The van der Waals surface area contributed by atoms with Crippen LogP contribution in [0.25, 0.3) is 0 Å². The molecule has 0 saturated heterocycles. The Morgan fingerprint density at radius 3 is 2.62 bits per heavy atom. The summed E-state index contributed by atoms with van der Waals surface area (Å²) in [5.41, 5.74) is 1.90. The van der Waals surface area contributed by atoms with Crippen LogP contribution in [0, 0.1) is 10.1 Å². The fourth-order valence-electron chi connectivity index (χ4n) is 1.72. The summed E-state index contributed by atoms with van der Waals surface area (Å²) in [5.74, 6) is -0.301. The van der Waals surface area contributed by atoms with Crippen molar-refractivity contribution in [3.05, 3.63) is 64.0 Å². The Bertz CT molecular complexity index is 656. The number of nitro groups is 1. The van der Waals surface area contributed by atoms with Gasteiger partial charge in [-0.2, -0.15) is 0 Å². The number of nitro benzene ring substituents is 1. The smallest absolute Gasteiger partial charge is 0.270 e. The molecule has 2 N–H and O–H groups in total. The third kappa shape index (κ3) is 3.75. The van der Waals surface area contributed by atoms with Crippen molar-refractivity contribution in [2.75, 3.05) is 12.4 Å². The number of nitrogens with zero attached hydrogens (tertiary/aromatic N) is 2. The van der Waals surface area contributed by atoms with Gasteiger partial charge >= 0.3 is 0 Å². The zero-order chi connectivity index (χ0) is 15.2. The van der Waals surface area contributed by atoms with Gasteiger partial charge in [0.2, 0.25) is 0 Å². The molecule has 0 atom stereocenters. The minimum atomic E-state index is -0.463. The van der Waals surface area contributed by atoms with Crippen molar-refractivity contribution in [2.24, 2.45) is 0 Å². The molecule has 1 aromatic carbocycles. The summed E-state index contributed by atoms with van der Waals surface area (Å²) in [6, 6.07) is 9.42. The predicted molar refractivity (Wildman–Crippen MR) is 78.1 cm³/mol. The summed E-state index contributed by atoms with van der Waals surface area (Å²) in [6.07, 6.45) is 1.55. The van der Waals surface area contributed by atoms with Crippen molar-refractivity contribution >= 4 is 17.3 Å². The largest absolute Gasteiger partial charge is 0.388 e. The van der Waals surface area contributed by atoms with Crippen molar-refractivity contribution in [3.63, 3.8) is 0 Å². The van der Waals surface area contributed by atoms with Crippen LogP contribution in [-0.4, -0.2) is 22.9 Å². The summed E-state index contributed by atoms with van der Waals surface area (Å²) in [5, 5.41) is 16.2. The minimum absolute atomic E-state index is 0.0217. The molecular formula is C14H14N4O3. The molecule has 0 aliphatic carbocycles. The number of benzene rings is 1. The van der Waals surface area contributed by atoms with Crippen LogP contribution in [0.5, 0.6) is 0 Å². The van der Waals surface area contributed by atoms with Gasteiger partial charge in [0, 0.05) is 37.6 Å². The Balaban J connectivity index is 1.98. The Morgan fingerprint density at radius 1 is 1.29 bits per heavy atom. The van der Waals surface area contributed by atoms with Crippen molar-refractivity contribution in [1.82, 2.24) is 10.3 Å². The highest BCUT2D eigenvalue weighted by Crippen LogP contribution is 2.12. The van der Waals surface area contributed by atoms with Crippen molar-refractivity contribution in [1.29, 1.82) is 0 Å². The molecule has 0 aliphatic heterocycles. The van der Waals surface area contributed by atoms with E-state index in [1.165, 1.54) is 12.1 Å². The number of carbonyl (C=O) groups excluding carboxylic acids is 1. The van der Waals surface area contributed by atoms with Gasteiger partial charge in [0.05, 0.1) is 4.92 Å². The number of hydrogen-bond acceptors (Lipinski definition) is 5. The molecule has 0 radical (unpaired) electrons. The second-order valence-corrected chi connectivity index (χ2v) is 4.29. The van der Waals surface area contributed by atoms with E-state index in [4.69, 9.17) is 0 Å². The molecule has 0 aliphatic rings. The van der Waals surface area contributed by atoms with Gasteiger partial charge in [0.25, 0.3) is 11.6 Å². The first-order chi connectivity index (χ1) is 10.1. The maximum Gasteiger partial charge on any atom is 0.270 e. The number of anilines is 1. The normalized spacial score (nSPS) is 9.95. The number of amides is 1. The zero-order valence-corrected chi connectivity index (χ0v) is 11.4. The van der Waals surface area contributed by atoms with Crippen LogP contribution < -0.4 is 10.6 Å². The molecule has 0 spiro atoms. The van der Waals surface area contributed by atoms with Crippen LogP contribution in [0.4, 0.5) is 11.4 Å². The molecule has 1 heterocycles. The Labute approximate surface area is 121 Å². The first-order valence-corrected chi connectivity index (χ1v) is 6.25. The van der Waals surface area contributed by atoms with E-state index in [0.29, 0.717) is 5.69 Å². The van der Waals surface area contributed by atoms with E-state index < -0.39 is 4.92 Å². The van der Waals surface area contributed by atoms with Crippen LogP contribution in [0.1, 0.15) is 16.1 Å². The lowest BCUT2D eigenvalue weighted by atomic mass is 10.2. The van der Waals surface area contributed by atoms with E-state index in [9.17, 15) is 14.9 Å². The zero-order valence-electron chi connectivity index (χ0n) is 11.4. The van der Waals surface area contributed by atoms with Gasteiger partial charge in [-0.1, -0.05) is 12.1 Å². The molecule has 1 amide bonds. The third-order valence-electron chi connectivity index (χ3n) is 2.88. The molecule has 7 nitrogen and oxygen atoms in total. The molecule has 1 aromatic heterocycles. The Hall–Kier alpha value is -2.96. The van der Waals surface area contributed by atoms with Crippen molar-refractivity contribution < 1.29 is 9.72 Å². The molecule has 108 valence electrons. The maximum absolute atomic E-state index is 12.0. The number of rotatable bonds is 5. The van der Waals surface area contributed by atoms with E-state index in [1.807, 2.05) is 0 Å². The van der Waals surface area contributed by atoms with E-state index in [1.54, 1.807) is 37.5 Å². The van der Waals surface area contributed by atoms with Crippen LogP contribution in [0.2, 0.25) is 0 Å². The lowest BCUT2D eigenvalue weighted by molar-refractivity contribution is -0.384. The Morgan fingerprint density at radius 2 is 2.00 bits per heavy atom. The summed E-state index contributed by atoms with van der Waals surface area (Å²) in [4.78, 5) is 26.0. The SMILES string of the molecule is CNc1ccnc(C(=O)NCc2ccc([N+](=O)[O-])cc2)c1. The molecule has 2 aromatic rings. The maximum atomic E-state index is 12.0. The van der Waals surface area contributed by atoms with E-state index in [2.05, 4.69) is 15.6 Å².